The third-order valence-electron chi connectivity index (χ3n) is 8.35. The van der Waals surface area contributed by atoms with Crippen LogP contribution in [-0.4, -0.2) is 65.7 Å². The topological polar surface area (TPSA) is 61.9 Å². The van der Waals surface area contributed by atoms with E-state index in [-0.39, 0.29) is 11.9 Å². The van der Waals surface area contributed by atoms with E-state index in [9.17, 15) is 9.59 Å². The van der Waals surface area contributed by atoms with Crippen LogP contribution >= 0.6 is 11.3 Å². The molecule has 2 aromatic rings. The Balaban J connectivity index is 1.17. The summed E-state index contributed by atoms with van der Waals surface area (Å²) in [5.74, 6) is 0.708. The number of hydrogen-bond acceptors (Lipinski definition) is 5. The Morgan fingerprint density at radius 2 is 1.66 bits per heavy atom. The monoisotopic (exact) mass is 537 g/mol. The highest BCUT2D eigenvalue weighted by atomic mass is 32.1. The maximum absolute atomic E-state index is 13.3. The lowest BCUT2D eigenvalue weighted by Gasteiger charge is -2.36. The van der Waals surface area contributed by atoms with E-state index >= 15 is 0 Å². The zero-order chi connectivity index (χ0) is 26.9. The van der Waals surface area contributed by atoms with Gasteiger partial charge in [-0.25, -0.2) is 4.79 Å². The smallest absolute Gasteiger partial charge is 0.407 e. The van der Waals surface area contributed by atoms with Gasteiger partial charge in [0.2, 0.25) is 0 Å². The van der Waals surface area contributed by atoms with E-state index in [2.05, 4.69) is 40.5 Å². The molecule has 1 atom stereocenters. The van der Waals surface area contributed by atoms with Crippen molar-refractivity contribution < 1.29 is 14.3 Å². The summed E-state index contributed by atoms with van der Waals surface area (Å²) < 4.78 is 5.37. The molecule has 7 heteroatoms. The first-order valence-electron chi connectivity index (χ1n) is 14.4. The van der Waals surface area contributed by atoms with E-state index in [1.165, 1.54) is 62.7 Å². The molecular weight excluding hydrogens is 494 g/mol. The maximum atomic E-state index is 13.3. The Labute approximate surface area is 231 Å². The molecule has 1 aromatic heterocycles. The van der Waals surface area contributed by atoms with Gasteiger partial charge in [-0.15, -0.1) is 11.3 Å². The van der Waals surface area contributed by atoms with Crippen LogP contribution < -0.4 is 5.32 Å². The number of carbonyl (C=O) groups is 2. The van der Waals surface area contributed by atoms with Gasteiger partial charge < -0.3 is 19.9 Å². The highest BCUT2D eigenvalue weighted by Crippen LogP contribution is 2.36. The predicted molar refractivity (Wildman–Crippen MR) is 154 cm³/mol. The van der Waals surface area contributed by atoms with Gasteiger partial charge in [-0.1, -0.05) is 37.1 Å². The number of alkyl carbamates (subject to hydrolysis) is 1. The summed E-state index contributed by atoms with van der Waals surface area (Å²) in [6.07, 6.45) is 8.43. The van der Waals surface area contributed by atoms with E-state index in [0.29, 0.717) is 19.0 Å². The van der Waals surface area contributed by atoms with Crippen LogP contribution in [0, 0.1) is 6.92 Å². The van der Waals surface area contributed by atoms with Gasteiger partial charge in [0.05, 0.1) is 10.9 Å². The fourth-order valence-corrected chi connectivity index (χ4v) is 7.45. The molecule has 1 N–H and O–H groups in total. The highest BCUT2D eigenvalue weighted by molar-refractivity contribution is 7.17. The number of piperidine rings is 1. The lowest BCUT2D eigenvalue weighted by molar-refractivity contribution is 0.0502. The molecule has 6 nitrogen and oxygen atoms in total. The van der Waals surface area contributed by atoms with E-state index in [1.807, 2.05) is 32.6 Å². The third-order valence-corrected chi connectivity index (χ3v) is 9.62. The SMILES string of the molecule is Cc1cc(-c2ccc(C3CCN(C4CCCC4)CC3)cc2)sc1C(=O)N1CC[C@H](NC(=O)OC(C)(C)C)C1. The number of ether oxygens (including phenoxy) is 1. The van der Waals surface area contributed by atoms with Crippen molar-refractivity contribution in [2.24, 2.45) is 0 Å². The predicted octanol–water partition coefficient (Wildman–Crippen LogP) is 6.58. The largest absolute Gasteiger partial charge is 0.444 e. The standard InChI is InChI=1S/C31H43N3O3S/c1-21-19-27(38-28(21)29(35)34-18-15-25(20-34)32-30(36)37-31(2,3)4)24-11-9-22(10-12-24)23-13-16-33(17-14-23)26-7-5-6-8-26/h9-12,19,23,25-26H,5-8,13-18,20H2,1-4H3,(H,32,36)/t25-/m0/s1. The van der Waals surface area contributed by atoms with Crippen molar-refractivity contribution in [3.63, 3.8) is 0 Å². The lowest BCUT2D eigenvalue weighted by atomic mass is 9.88. The van der Waals surface area contributed by atoms with Gasteiger partial charge >= 0.3 is 6.09 Å². The maximum Gasteiger partial charge on any atom is 0.407 e. The number of amides is 2. The second-order valence-corrected chi connectivity index (χ2v) is 13.4. The molecule has 3 fully saturated rings. The molecule has 2 saturated heterocycles. The number of carbonyl (C=O) groups excluding carboxylic acids is 2. The van der Waals surface area contributed by atoms with Gasteiger partial charge in [0.25, 0.3) is 5.91 Å². The summed E-state index contributed by atoms with van der Waals surface area (Å²) >= 11 is 1.58. The zero-order valence-electron chi connectivity index (χ0n) is 23.4. The minimum Gasteiger partial charge on any atom is -0.444 e. The van der Waals surface area contributed by atoms with Crippen LogP contribution in [0.1, 0.15) is 92.4 Å². The number of rotatable bonds is 5. The molecule has 2 aliphatic heterocycles. The lowest BCUT2D eigenvalue weighted by Crippen LogP contribution is -2.41. The minimum absolute atomic E-state index is 0.0536. The molecule has 0 bridgehead atoms. The van der Waals surface area contributed by atoms with E-state index in [4.69, 9.17) is 4.74 Å². The van der Waals surface area contributed by atoms with Crippen molar-refractivity contribution in [2.75, 3.05) is 26.2 Å². The Kier molecular flexibility index (Phi) is 8.15. The molecule has 0 radical (unpaired) electrons. The second kappa shape index (κ2) is 11.4. The fraction of sp³-hybridized carbons (Fsp3) is 0.613. The van der Waals surface area contributed by atoms with E-state index in [0.717, 1.165) is 27.8 Å². The zero-order valence-corrected chi connectivity index (χ0v) is 24.2. The number of aryl methyl sites for hydroxylation is 1. The second-order valence-electron chi connectivity index (χ2n) is 12.4. The quantitative estimate of drug-likeness (QED) is 0.468. The van der Waals surface area contributed by atoms with Crippen molar-refractivity contribution in [1.82, 2.24) is 15.1 Å². The van der Waals surface area contributed by atoms with Crippen LogP contribution in [0.15, 0.2) is 30.3 Å². The highest BCUT2D eigenvalue weighted by Gasteiger charge is 2.31. The molecule has 206 valence electrons. The van der Waals surface area contributed by atoms with Crippen LogP contribution in [0.5, 0.6) is 0 Å². The first-order chi connectivity index (χ1) is 18.2. The van der Waals surface area contributed by atoms with Gasteiger partial charge in [0.1, 0.15) is 5.60 Å². The Morgan fingerprint density at radius 3 is 2.32 bits per heavy atom. The first kappa shape index (κ1) is 27.2. The van der Waals surface area contributed by atoms with Crippen LogP contribution in [0.3, 0.4) is 0 Å². The van der Waals surface area contributed by atoms with Crippen LogP contribution in [0.2, 0.25) is 0 Å². The van der Waals surface area contributed by atoms with Gasteiger partial charge in [0, 0.05) is 24.0 Å². The van der Waals surface area contributed by atoms with E-state index in [1.54, 1.807) is 11.3 Å². The van der Waals surface area contributed by atoms with Crippen LogP contribution in [0.4, 0.5) is 4.79 Å². The molecule has 5 rings (SSSR count). The van der Waals surface area contributed by atoms with Gasteiger partial charge in [-0.05, 0) is 102 Å². The normalized spacial score (nSPS) is 21.7. The van der Waals surface area contributed by atoms with Crippen molar-refractivity contribution in [3.05, 3.63) is 46.3 Å². The number of benzene rings is 1. The van der Waals surface area contributed by atoms with Crippen molar-refractivity contribution in [1.29, 1.82) is 0 Å². The fourth-order valence-electron chi connectivity index (χ4n) is 6.30. The Morgan fingerprint density at radius 1 is 0.974 bits per heavy atom. The molecule has 0 unspecified atom stereocenters. The van der Waals surface area contributed by atoms with E-state index < -0.39 is 11.7 Å². The molecule has 1 saturated carbocycles. The molecule has 38 heavy (non-hydrogen) atoms. The number of likely N-dealkylation sites (tertiary alicyclic amines) is 2. The summed E-state index contributed by atoms with van der Waals surface area (Å²) in [6.45, 7) is 11.2. The molecule has 3 heterocycles. The van der Waals surface area contributed by atoms with Gasteiger partial charge in [0.15, 0.2) is 0 Å². The van der Waals surface area contributed by atoms with Gasteiger partial charge in [-0.2, -0.15) is 0 Å². The minimum atomic E-state index is -0.534. The molecule has 3 aliphatic rings. The third kappa shape index (κ3) is 6.42. The molecular formula is C31H43N3O3S. The summed E-state index contributed by atoms with van der Waals surface area (Å²) in [7, 11) is 0. The van der Waals surface area contributed by atoms with Crippen molar-refractivity contribution >= 4 is 23.3 Å². The van der Waals surface area contributed by atoms with Crippen molar-refractivity contribution in [2.45, 2.75) is 96.2 Å². The van der Waals surface area contributed by atoms with Crippen LogP contribution in [0.25, 0.3) is 10.4 Å². The number of thiophene rings is 1. The average Bonchev–Trinajstić information content (AvgIpc) is 3.64. The van der Waals surface area contributed by atoms with Crippen molar-refractivity contribution in [3.8, 4) is 10.4 Å². The molecule has 1 aromatic carbocycles. The number of hydrogen-bond donors (Lipinski definition) is 1. The average molecular weight is 538 g/mol. The summed E-state index contributed by atoms with van der Waals surface area (Å²) in [5, 5.41) is 2.91. The molecule has 1 aliphatic carbocycles. The van der Waals surface area contributed by atoms with Gasteiger partial charge in [-0.3, -0.25) is 4.79 Å². The first-order valence-corrected chi connectivity index (χ1v) is 15.2. The Hall–Kier alpha value is -2.38. The summed E-state index contributed by atoms with van der Waals surface area (Å²) in [5.41, 5.74) is 3.11. The molecule has 2 amide bonds. The summed E-state index contributed by atoms with van der Waals surface area (Å²) in [4.78, 5) is 32.0. The number of nitrogens with zero attached hydrogens (tertiary/aromatic N) is 2. The molecule has 0 spiro atoms. The van der Waals surface area contributed by atoms with Crippen LogP contribution in [-0.2, 0) is 4.74 Å². The summed E-state index contributed by atoms with van der Waals surface area (Å²) in [6, 6.07) is 12.0. The Bertz CT molecular complexity index is 1120. The number of nitrogens with one attached hydrogen (secondary N) is 1.